The lowest BCUT2D eigenvalue weighted by molar-refractivity contribution is 0.102. The predicted molar refractivity (Wildman–Crippen MR) is 98.8 cm³/mol. The highest BCUT2D eigenvalue weighted by molar-refractivity contribution is 6.03. The fourth-order valence-corrected chi connectivity index (χ4v) is 3.24. The number of aryl methyl sites for hydroxylation is 1. The first kappa shape index (κ1) is 17.3. The lowest BCUT2D eigenvalue weighted by atomic mass is 10.1. The van der Waals surface area contributed by atoms with Crippen molar-refractivity contribution >= 4 is 17.3 Å². The highest BCUT2D eigenvalue weighted by atomic mass is 19.1. The van der Waals surface area contributed by atoms with Gasteiger partial charge in [-0.05, 0) is 50.5 Å². The van der Waals surface area contributed by atoms with Crippen molar-refractivity contribution in [2.24, 2.45) is 0 Å². The van der Waals surface area contributed by atoms with Crippen molar-refractivity contribution < 1.29 is 13.6 Å². The number of hydrogen-bond donors (Lipinski definition) is 1. The molecule has 1 N–H and O–H groups in total. The summed E-state index contributed by atoms with van der Waals surface area (Å²) in [6.07, 6.45) is 6.58. The number of nitrogens with zero attached hydrogens (tertiary/aromatic N) is 4. The van der Waals surface area contributed by atoms with E-state index in [1.165, 1.54) is 17.2 Å². The number of anilines is 2. The van der Waals surface area contributed by atoms with Gasteiger partial charge in [0, 0.05) is 31.2 Å². The third kappa shape index (κ3) is 3.55. The van der Waals surface area contributed by atoms with Gasteiger partial charge in [-0.25, -0.2) is 4.39 Å². The Bertz CT molecular complexity index is 945. The van der Waals surface area contributed by atoms with Gasteiger partial charge in [0.1, 0.15) is 11.6 Å². The second-order valence-electron chi connectivity index (χ2n) is 6.52. The van der Waals surface area contributed by atoms with Gasteiger partial charge in [-0.1, -0.05) is 0 Å². The van der Waals surface area contributed by atoms with E-state index in [-0.39, 0.29) is 17.5 Å². The summed E-state index contributed by atoms with van der Waals surface area (Å²) in [7, 11) is 0. The van der Waals surface area contributed by atoms with Crippen LogP contribution in [0.25, 0.3) is 6.01 Å². The highest BCUT2D eigenvalue weighted by Crippen LogP contribution is 2.26. The number of amides is 1. The zero-order chi connectivity index (χ0) is 18.8. The van der Waals surface area contributed by atoms with Gasteiger partial charge in [0.05, 0.1) is 5.69 Å². The summed E-state index contributed by atoms with van der Waals surface area (Å²) in [5, 5.41) is 6.70. The second-order valence-corrected chi connectivity index (χ2v) is 6.52. The fraction of sp³-hybridized carbons (Fsp3) is 0.316. The molecule has 27 heavy (non-hydrogen) atoms. The van der Waals surface area contributed by atoms with Crippen LogP contribution in [0.3, 0.4) is 0 Å². The van der Waals surface area contributed by atoms with Crippen LogP contribution >= 0.6 is 0 Å². The monoisotopic (exact) mass is 369 g/mol. The molecule has 1 aromatic carbocycles. The Morgan fingerprint density at radius 3 is 2.78 bits per heavy atom. The molecule has 4 rings (SSSR count). The van der Waals surface area contributed by atoms with Gasteiger partial charge in [-0.3, -0.25) is 4.79 Å². The highest BCUT2D eigenvalue weighted by Gasteiger charge is 2.20. The zero-order valence-electron chi connectivity index (χ0n) is 15.0. The number of oxazole rings is 1. The zero-order valence-corrected chi connectivity index (χ0v) is 15.0. The summed E-state index contributed by atoms with van der Waals surface area (Å²) in [6, 6.07) is 6.68. The normalized spacial score (nSPS) is 14.4. The SMILES string of the molecule is Cc1oc(-n2cccn2)nc1C(=O)Nc1ccc(N2CCCCC2)c(F)c1. The molecule has 3 aromatic rings. The van der Waals surface area contributed by atoms with Gasteiger partial charge < -0.3 is 14.6 Å². The van der Waals surface area contributed by atoms with Gasteiger partial charge in [-0.15, -0.1) is 0 Å². The van der Waals surface area contributed by atoms with Crippen molar-refractivity contribution in [1.82, 2.24) is 14.8 Å². The molecule has 8 heteroatoms. The van der Waals surface area contributed by atoms with Crippen molar-refractivity contribution in [1.29, 1.82) is 0 Å². The Hall–Kier alpha value is -3.16. The molecule has 1 saturated heterocycles. The van der Waals surface area contributed by atoms with E-state index >= 15 is 0 Å². The molecule has 0 saturated carbocycles. The Labute approximate surface area is 155 Å². The Balaban J connectivity index is 1.50. The average Bonchev–Trinajstić information content (AvgIpc) is 3.32. The first-order valence-corrected chi connectivity index (χ1v) is 8.95. The van der Waals surface area contributed by atoms with Crippen LogP contribution in [0.5, 0.6) is 0 Å². The molecule has 7 nitrogen and oxygen atoms in total. The summed E-state index contributed by atoms with van der Waals surface area (Å²) in [5.41, 5.74) is 1.09. The lowest BCUT2D eigenvalue weighted by Gasteiger charge is -2.29. The molecule has 3 heterocycles. The van der Waals surface area contributed by atoms with Gasteiger partial charge in [0.15, 0.2) is 5.69 Å². The van der Waals surface area contributed by atoms with Crippen molar-refractivity contribution in [2.45, 2.75) is 26.2 Å². The van der Waals surface area contributed by atoms with Crippen molar-refractivity contribution in [3.63, 3.8) is 0 Å². The topological polar surface area (TPSA) is 76.2 Å². The molecular weight excluding hydrogens is 349 g/mol. The van der Waals surface area contributed by atoms with Crippen molar-refractivity contribution in [3.8, 4) is 6.01 Å². The minimum absolute atomic E-state index is 0.140. The van der Waals surface area contributed by atoms with E-state index < -0.39 is 5.91 Å². The number of hydrogen-bond acceptors (Lipinski definition) is 5. The number of carbonyl (C=O) groups is 1. The number of piperidine rings is 1. The van der Waals surface area contributed by atoms with Gasteiger partial charge in [0.25, 0.3) is 5.91 Å². The van der Waals surface area contributed by atoms with Crippen molar-refractivity contribution in [3.05, 3.63) is 53.9 Å². The van der Waals surface area contributed by atoms with E-state index in [0.717, 1.165) is 25.9 Å². The van der Waals surface area contributed by atoms with Crippen LogP contribution in [0.15, 0.2) is 41.1 Å². The van der Waals surface area contributed by atoms with Crippen LogP contribution in [-0.2, 0) is 0 Å². The maximum Gasteiger partial charge on any atom is 0.323 e. The maximum absolute atomic E-state index is 14.5. The average molecular weight is 369 g/mol. The minimum atomic E-state index is -0.459. The molecule has 0 bridgehead atoms. The first-order chi connectivity index (χ1) is 13.1. The van der Waals surface area contributed by atoms with Gasteiger partial charge in [0.2, 0.25) is 0 Å². The van der Waals surface area contributed by atoms with E-state index in [1.54, 1.807) is 37.5 Å². The third-order valence-corrected chi connectivity index (χ3v) is 4.60. The van der Waals surface area contributed by atoms with Crippen LogP contribution in [0.2, 0.25) is 0 Å². The number of benzene rings is 1. The molecule has 2 aromatic heterocycles. The fourth-order valence-electron chi connectivity index (χ4n) is 3.24. The molecule has 140 valence electrons. The Morgan fingerprint density at radius 2 is 2.07 bits per heavy atom. The minimum Gasteiger partial charge on any atom is -0.427 e. The molecule has 0 radical (unpaired) electrons. The Kier molecular flexibility index (Phi) is 4.62. The van der Waals surface area contributed by atoms with Gasteiger partial charge >= 0.3 is 6.01 Å². The third-order valence-electron chi connectivity index (χ3n) is 4.60. The molecule has 1 aliphatic rings. The van der Waals surface area contributed by atoms with E-state index in [9.17, 15) is 9.18 Å². The molecule has 0 aliphatic carbocycles. The summed E-state index contributed by atoms with van der Waals surface area (Å²) in [6.45, 7) is 3.36. The summed E-state index contributed by atoms with van der Waals surface area (Å²) < 4.78 is 21.4. The van der Waals surface area contributed by atoms with E-state index in [0.29, 0.717) is 17.1 Å². The second kappa shape index (κ2) is 7.22. The van der Waals surface area contributed by atoms with Crippen LogP contribution < -0.4 is 10.2 Å². The molecule has 1 aliphatic heterocycles. The first-order valence-electron chi connectivity index (χ1n) is 8.95. The number of aromatic nitrogens is 3. The maximum atomic E-state index is 14.5. The summed E-state index contributed by atoms with van der Waals surface area (Å²) >= 11 is 0. The number of carbonyl (C=O) groups excluding carboxylic acids is 1. The molecule has 0 atom stereocenters. The van der Waals surface area contributed by atoms with Crippen LogP contribution in [-0.4, -0.2) is 33.8 Å². The Morgan fingerprint density at radius 1 is 1.26 bits per heavy atom. The molecular formula is C19H20FN5O2. The molecule has 1 fully saturated rings. The summed E-state index contributed by atoms with van der Waals surface area (Å²) in [4.78, 5) is 18.7. The smallest absolute Gasteiger partial charge is 0.323 e. The summed E-state index contributed by atoms with van der Waals surface area (Å²) in [5.74, 6) is -0.438. The van der Waals surface area contributed by atoms with E-state index in [1.807, 2.05) is 4.90 Å². The van der Waals surface area contributed by atoms with Crippen LogP contribution in [0.4, 0.5) is 15.8 Å². The van der Waals surface area contributed by atoms with Crippen molar-refractivity contribution in [2.75, 3.05) is 23.3 Å². The number of nitrogens with one attached hydrogen (secondary N) is 1. The lowest BCUT2D eigenvalue weighted by Crippen LogP contribution is -2.30. The molecule has 0 spiro atoms. The number of rotatable bonds is 4. The van der Waals surface area contributed by atoms with Crippen LogP contribution in [0.1, 0.15) is 35.5 Å². The van der Waals surface area contributed by atoms with Gasteiger partial charge in [-0.2, -0.15) is 14.8 Å². The molecule has 1 amide bonds. The standard InChI is InChI=1S/C19H20FN5O2/c1-13-17(23-19(27-13)25-11-5-8-21-25)18(26)22-14-6-7-16(15(20)12-14)24-9-3-2-4-10-24/h5-8,11-12H,2-4,9-10H2,1H3,(H,22,26). The van der Waals surface area contributed by atoms with E-state index in [4.69, 9.17) is 4.42 Å². The number of halogens is 1. The predicted octanol–water partition coefficient (Wildman–Crippen LogP) is 3.55. The van der Waals surface area contributed by atoms with E-state index in [2.05, 4.69) is 15.4 Å². The largest absolute Gasteiger partial charge is 0.427 e. The quantitative estimate of drug-likeness (QED) is 0.761. The molecule has 0 unspecified atom stereocenters. The van der Waals surface area contributed by atoms with Crippen LogP contribution in [0, 0.1) is 12.7 Å².